The number of likely N-dealkylation sites (tertiary alicyclic amines) is 2. The number of amides is 1. The van der Waals surface area contributed by atoms with Crippen LogP contribution in [0.2, 0.25) is 0 Å². The third-order valence-electron chi connectivity index (χ3n) is 5.71. The summed E-state index contributed by atoms with van der Waals surface area (Å²) in [5.41, 5.74) is 1.29. The van der Waals surface area contributed by atoms with Crippen molar-refractivity contribution in [2.24, 2.45) is 5.92 Å². The first-order valence-electron chi connectivity index (χ1n) is 9.56. The normalized spacial score (nSPS) is 28.2. The second-order valence-electron chi connectivity index (χ2n) is 7.59. The van der Waals surface area contributed by atoms with Gasteiger partial charge in [0.25, 0.3) is 0 Å². The first-order valence-corrected chi connectivity index (χ1v) is 9.56. The van der Waals surface area contributed by atoms with E-state index in [-0.39, 0.29) is 24.5 Å². The minimum absolute atomic E-state index is 0.0351. The van der Waals surface area contributed by atoms with Gasteiger partial charge in [-0.05, 0) is 44.8 Å². The predicted molar refractivity (Wildman–Crippen MR) is 99.1 cm³/mol. The van der Waals surface area contributed by atoms with Crippen molar-refractivity contribution in [3.8, 4) is 0 Å². The molecule has 2 aliphatic rings. The average molecular weight is 345 g/mol. The van der Waals surface area contributed by atoms with Gasteiger partial charge in [0.2, 0.25) is 5.91 Å². The molecule has 0 bridgehead atoms. The van der Waals surface area contributed by atoms with Gasteiger partial charge in [-0.1, -0.05) is 30.3 Å². The Morgan fingerprint density at radius 1 is 1.24 bits per heavy atom. The van der Waals surface area contributed by atoms with E-state index in [0.717, 1.165) is 32.6 Å². The second-order valence-corrected chi connectivity index (χ2v) is 7.59. The monoisotopic (exact) mass is 345 g/mol. The van der Waals surface area contributed by atoms with Crippen LogP contribution in [0.5, 0.6) is 0 Å². The molecule has 2 aliphatic heterocycles. The van der Waals surface area contributed by atoms with Gasteiger partial charge in [0, 0.05) is 37.7 Å². The summed E-state index contributed by atoms with van der Waals surface area (Å²) in [6, 6.07) is 11.0. The molecule has 3 rings (SSSR count). The third-order valence-corrected chi connectivity index (χ3v) is 5.71. The summed E-state index contributed by atoms with van der Waals surface area (Å²) in [5.74, 6) is 0.255. The number of piperidine rings is 1. The van der Waals surface area contributed by atoms with Gasteiger partial charge in [-0.15, -0.1) is 0 Å². The highest BCUT2D eigenvalue weighted by molar-refractivity contribution is 5.78. The molecule has 1 amide bonds. The van der Waals surface area contributed by atoms with Crippen LogP contribution < -0.4 is 5.32 Å². The first kappa shape index (κ1) is 18.4. The van der Waals surface area contributed by atoms with Crippen molar-refractivity contribution in [3.05, 3.63) is 35.9 Å². The molecular weight excluding hydrogens is 314 g/mol. The van der Waals surface area contributed by atoms with Crippen LogP contribution >= 0.6 is 0 Å². The quantitative estimate of drug-likeness (QED) is 0.820. The fourth-order valence-electron chi connectivity index (χ4n) is 4.10. The smallest absolute Gasteiger partial charge is 0.234 e. The van der Waals surface area contributed by atoms with Crippen molar-refractivity contribution in [2.45, 2.75) is 44.8 Å². The molecule has 2 heterocycles. The summed E-state index contributed by atoms with van der Waals surface area (Å²) in [7, 11) is 0. The molecule has 0 aromatic heterocycles. The largest absolute Gasteiger partial charge is 0.396 e. The Morgan fingerprint density at radius 3 is 2.72 bits per heavy atom. The van der Waals surface area contributed by atoms with Gasteiger partial charge in [-0.3, -0.25) is 14.6 Å². The van der Waals surface area contributed by atoms with Gasteiger partial charge in [0.1, 0.15) is 0 Å². The van der Waals surface area contributed by atoms with Gasteiger partial charge in [-0.2, -0.15) is 0 Å². The van der Waals surface area contributed by atoms with E-state index < -0.39 is 0 Å². The van der Waals surface area contributed by atoms with Gasteiger partial charge in [-0.25, -0.2) is 0 Å². The number of hydrogen-bond acceptors (Lipinski definition) is 4. The molecule has 1 aromatic rings. The van der Waals surface area contributed by atoms with Crippen LogP contribution in [0.4, 0.5) is 0 Å². The summed E-state index contributed by atoms with van der Waals surface area (Å²) in [6.45, 7) is 6.51. The summed E-state index contributed by atoms with van der Waals surface area (Å²) in [4.78, 5) is 17.1. The van der Waals surface area contributed by atoms with Crippen LogP contribution in [0.15, 0.2) is 30.3 Å². The first-order chi connectivity index (χ1) is 12.2. The van der Waals surface area contributed by atoms with E-state index >= 15 is 0 Å². The lowest BCUT2D eigenvalue weighted by molar-refractivity contribution is -0.124. The zero-order valence-electron chi connectivity index (χ0n) is 15.2. The molecule has 5 nitrogen and oxygen atoms in total. The number of carbonyl (C=O) groups is 1. The number of nitrogens with one attached hydrogen (secondary N) is 1. The number of nitrogens with zero attached hydrogens (tertiary/aromatic N) is 2. The van der Waals surface area contributed by atoms with Crippen molar-refractivity contribution in [2.75, 3.05) is 32.8 Å². The zero-order valence-corrected chi connectivity index (χ0v) is 15.2. The Morgan fingerprint density at radius 2 is 2.04 bits per heavy atom. The van der Waals surface area contributed by atoms with Crippen molar-refractivity contribution < 1.29 is 9.90 Å². The Hall–Kier alpha value is -1.43. The minimum atomic E-state index is 0.0351. The van der Waals surface area contributed by atoms with Crippen LogP contribution in [-0.2, 0) is 11.3 Å². The molecule has 3 atom stereocenters. The Bertz CT molecular complexity index is 551. The maximum absolute atomic E-state index is 12.5. The highest BCUT2D eigenvalue weighted by Gasteiger charge is 2.31. The highest BCUT2D eigenvalue weighted by atomic mass is 16.3. The van der Waals surface area contributed by atoms with E-state index in [0.29, 0.717) is 12.6 Å². The predicted octanol–water partition coefficient (Wildman–Crippen LogP) is 1.47. The molecule has 0 radical (unpaired) electrons. The van der Waals surface area contributed by atoms with Crippen molar-refractivity contribution in [1.82, 2.24) is 15.1 Å². The lowest BCUT2D eigenvalue weighted by Crippen LogP contribution is -2.55. The lowest BCUT2D eigenvalue weighted by atomic mass is 9.92. The maximum atomic E-state index is 12.5. The second kappa shape index (κ2) is 8.79. The van der Waals surface area contributed by atoms with Crippen LogP contribution in [-0.4, -0.2) is 65.7 Å². The molecule has 2 fully saturated rings. The fraction of sp³-hybridized carbons (Fsp3) is 0.650. The summed E-state index contributed by atoms with van der Waals surface area (Å²) in [6.07, 6.45) is 3.29. The molecule has 2 N–H and O–H groups in total. The zero-order chi connectivity index (χ0) is 17.6. The van der Waals surface area contributed by atoms with Crippen molar-refractivity contribution in [1.29, 1.82) is 0 Å². The Kier molecular flexibility index (Phi) is 6.45. The number of aliphatic hydroxyl groups is 1. The topological polar surface area (TPSA) is 55.8 Å². The van der Waals surface area contributed by atoms with Crippen LogP contribution in [0.3, 0.4) is 0 Å². The Labute approximate surface area is 151 Å². The SMILES string of the molecule is CC1CCCN1CC(=O)NC1CN(Cc2ccccc2)CCC1CO. The van der Waals surface area contributed by atoms with Crippen LogP contribution in [0, 0.1) is 5.92 Å². The summed E-state index contributed by atoms with van der Waals surface area (Å²) >= 11 is 0. The van der Waals surface area contributed by atoms with E-state index in [1.807, 2.05) is 6.07 Å². The fourth-order valence-corrected chi connectivity index (χ4v) is 4.10. The van der Waals surface area contributed by atoms with E-state index in [2.05, 4.69) is 46.3 Å². The van der Waals surface area contributed by atoms with E-state index in [1.54, 1.807) is 0 Å². The number of aliphatic hydroxyl groups excluding tert-OH is 1. The van der Waals surface area contributed by atoms with Crippen molar-refractivity contribution >= 4 is 5.91 Å². The van der Waals surface area contributed by atoms with E-state index in [1.165, 1.54) is 18.4 Å². The lowest BCUT2D eigenvalue weighted by Gasteiger charge is -2.38. The number of hydrogen-bond donors (Lipinski definition) is 2. The highest BCUT2D eigenvalue weighted by Crippen LogP contribution is 2.20. The molecule has 138 valence electrons. The van der Waals surface area contributed by atoms with Crippen LogP contribution in [0.1, 0.15) is 31.7 Å². The molecule has 5 heteroatoms. The summed E-state index contributed by atoms with van der Waals surface area (Å²) < 4.78 is 0. The van der Waals surface area contributed by atoms with Crippen LogP contribution in [0.25, 0.3) is 0 Å². The number of rotatable bonds is 6. The minimum Gasteiger partial charge on any atom is -0.396 e. The van der Waals surface area contributed by atoms with E-state index in [9.17, 15) is 9.90 Å². The number of benzene rings is 1. The summed E-state index contributed by atoms with van der Waals surface area (Å²) in [5, 5.41) is 12.9. The molecule has 0 spiro atoms. The van der Waals surface area contributed by atoms with E-state index in [4.69, 9.17) is 0 Å². The average Bonchev–Trinajstić information content (AvgIpc) is 3.01. The molecular formula is C20H31N3O2. The molecule has 25 heavy (non-hydrogen) atoms. The van der Waals surface area contributed by atoms with Gasteiger partial charge in [0.15, 0.2) is 0 Å². The molecule has 0 saturated carbocycles. The molecule has 1 aromatic carbocycles. The maximum Gasteiger partial charge on any atom is 0.234 e. The van der Waals surface area contributed by atoms with Gasteiger partial charge < -0.3 is 10.4 Å². The van der Waals surface area contributed by atoms with Gasteiger partial charge in [0.05, 0.1) is 6.54 Å². The molecule has 2 saturated heterocycles. The molecule has 0 aliphatic carbocycles. The standard InChI is InChI=1S/C20H31N3O2/c1-16-6-5-10-23(16)14-20(25)21-19-13-22(11-9-18(19)15-24)12-17-7-3-2-4-8-17/h2-4,7-8,16,18-19,24H,5-6,9-15H2,1H3,(H,21,25). The Balaban J connectivity index is 1.54. The van der Waals surface area contributed by atoms with Gasteiger partial charge >= 0.3 is 0 Å². The molecule has 3 unspecified atom stereocenters. The third kappa shape index (κ3) is 5.03. The number of carbonyl (C=O) groups excluding carboxylic acids is 1. The van der Waals surface area contributed by atoms with Crippen molar-refractivity contribution in [3.63, 3.8) is 0 Å².